The van der Waals surface area contributed by atoms with Crippen molar-refractivity contribution >= 4 is 17.5 Å². The molecule has 0 aromatic rings. The number of nitrogens with one attached hydrogen (secondary N) is 1. The maximum absolute atomic E-state index is 12.3. The SMILES string of the molecule is CC1OC(C)C(C(=O)NC(C)(C)C(C)Cl)C1C. The van der Waals surface area contributed by atoms with Gasteiger partial charge in [-0.15, -0.1) is 11.6 Å². The van der Waals surface area contributed by atoms with E-state index in [1.54, 1.807) is 0 Å². The van der Waals surface area contributed by atoms with Crippen LogP contribution in [0.3, 0.4) is 0 Å². The van der Waals surface area contributed by atoms with E-state index in [1.165, 1.54) is 0 Å². The van der Waals surface area contributed by atoms with Crippen molar-refractivity contribution < 1.29 is 9.53 Å². The Morgan fingerprint density at radius 3 is 2.18 bits per heavy atom. The van der Waals surface area contributed by atoms with Crippen LogP contribution in [0.5, 0.6) is 0 Å². The van der Waals surface area contributed by atoms with Gasteiger partial charge in [0.05, 0.1) is 29.0 Å². The van der Waals surface area contributed by atoms with Crippen molar-refractivity contribution in [3.05, 3.63) is 0 Å². The molecule has 0 radical (unpaired) electrons. The molecule has 5 unspecified atom stereocenters. The van der Waals surface area contributed by atoms with Crippen molar-refractivity contribution in [1.29, 1.82) is 0 Å². The summed E-state index contributed by atoms with van der Waals surface area (Å²) in [5, 5.41) is 2.91. The lowest BCUT2D eigenvalue weighted by Crippen LogP contribution is -2.52. The van der Waals surface area contributed by atoms with Gasteiger partial charge in [-0.25, -0.2) is 0 Å². The summed E-state index contributed by atoms with van der Waals surface area (Å²) in [6, 6.07) is 0. The summed E-state index contributed by atoms with van der Waals surface area (Å²) in [4.78, 5) is 12.3. The van der Waals surface area contributed by atoms with Crippen LogP contribution in [-0.4, -0.2) is 29.0 Å². The second kappa shape index (κ2) is 5.15. The van der Waals surface area contributed by atoms with Gasteiger partial charge >= 0.3 is 0 Å². The van der Waals surface area contributed by atoms with Gasteiger partial charge < -0.3 is 10.1 Å². The molecule has 1 N–H and O–H groups in total. The predicted octanol–water partition coefficient (Wildman–Crippen LogP) is 2.57. The third-order valence-corrected chi connectivity index (χ3v) is 4.53. The van der Waals surface area contributed by atoms with Crippen molar-refractivity contribution in [2.45, 2.75) is 64.7 Å². The van der Waals surface area contributed by atoms with Crippen LogP contribution in [0.15, 0.2) is 0 Å². The lowest BCUT2D eigenvalue weighted by Gasteiger charge is -2.31. The molecule has 1 aliphatic rings. The largest absolute Gasteiger partial charge is 0.374 e. The second-order valence-corrected chi connectivity index (χ2v) is 6.41. The molecule has 0 bridgehead atoms. The highest BCUT2D eigenvalue weighted by Gasteiger charge is 2.43. The van der Waals surface area contributed by atoms with E-state index in [0.29, 0.717) is 0 Å². The summed E-state index contributed by atoms with van der Waals surface area (Å²) < 4.78 is 5.69. The fraction of sp³-hybridized carbons (Fsp3) is 0.923. The summed E-state index contributed by atoms with van der Waals surface area (Å²) in [6.45, 7) is 11.8. The Morgan fingerprint density at radius 2 is 1.82 bits per heavy atom. The first kappa shape index (κ1) is 14.8. The lowest BCUT2D eigenvalue weighted by atomic mass is 9.87. The topological polar surface area (TPSA) is 38.3 Å². The van der Waals surface area contributed by atoms with Gasteiger partial charge in [-0.3, -0.25) is 4.79 Å². The van der Waals surface area contributed by atoms with Crippen LogP contribution in [0, 0.1) is 11.8 Å². The Kier molecular flexibility index (Phi) is 4.48. The molecule has 1 amide bonds. The monoisotopic (exact) mass is 261 g/mol. The Balaban J connectivity index is 2.71. The number of carbonyl (C=O) groups excluding carboxylic acids is 1. The van der Waals surface area contributed by atoms with Crippen molar-refractivity contribution in [3.63, 3.8) is 0 Å². The Hall–Kier alpha value is -0.280. The summed E-state index contributed by atoms with van der Waals surface area (Å²) in [7, 11) is 0. The number of halogens is 1. The molecule has 17 heavy (non-hydrogen) atoms. The third kappa shape index (κ3) is 3.14. The predicted molar refractivity (Wildman–Crippen MR) is 70.2 cm³/mol. The third-order valence-electron chi connectivity index (χ3n) is 3.98. The number of ether oxygens (including phenoxy) is 1. The molecule has 5 atom stereocenters. The summed E-state index contributed by atoms with van der Waals surface area (Å²) >= 11 is 6.08. The zero-order chi connectivity index (χ0) is 13.4. The van der Waals surface area contributed by atoms with Crippen molar-refractivity contribution in [2.75, 3.05) is 0 Å². The minimum Gasteiger partial charge on any atom is -0.374 e. The quantitative estimate of drug-likeness (QED) is 0.793. The molecule has 1 saturated heterocycles. The van der Waals surface area contributed by atoms with Crippen LogP contribution in [0.4, 0.5) is 0 Å². The van der Waals surface area contributed by atoms with E-state index >= 15 is 0 Å². The van der Waals surface area contributed by atoms with Gasteiger partial charge in [0.2, 0.25) is 5.91 Å². The highest BCUT2D eigenvalue weighted by molar-refractivity contribution is 6.21. The van der Waals surface area contributed by atoms with Crippen LogP contribution in [0.2, 0.25) is 0 Å². The maximum atomic E-state index is 12.3. The molecule has 1 fully saturated rings. The van der Waals surface area contributed by atoms with Gasteiger partial charge in [-0.1, -0.05) is 6.92 Å². The van der Waals surface area contributed by atoms with Crippen molar-refractivity contribution in [1.82, 2.24) is 5.32 Å². The van der Waals surface area contributed by atoms with Crippen LogP contribution in [-0.2, 0) is 9.53 Å². The first-order valence-electron chi connectivity index (χ1n) is 6.28. The van der Waals surface area contributed by atoms with E-state index in [9.17, 15) is 4.79 Å². The molecule has 0 aliphatic carbocycles. The molecule has 1 aliphatic heterocycles. The number of hydrogen-bond acceptors (Lipinski definition) is 2. The lowest BCUT2D eigenvalue weighted by molar-refractivity contribution is -0.128. The highest BCUT2D eigenvalue weighted by Crippen LogP contribution is 2.32. The molecule has 1 heterocycles. The van der Waals surface area contributed by atoms with Gasteiger partial charge in [0.15, 0.2) is 0 Å². The fourth-order valence-corrected chi connectivity index (χ4v) is 2.27. The van der Waals surface area contributed by atoms with Gasteiger partial charge in [-0.2, -0.15) is 0 Å². The first-order valence-corrected chi connectivity index (χ1v) is 6.72. The molecule has 0 aromatic heterocycles. The van der Waals surface area contributed by atoms with Gasteiger partial charge in [0.1, 0.15) is 0 Å². The fourth-order valence-electron chi connectivity index (χ4n) is 2.22. The highest BCUT2D eigenvalue weighted by atomic mass is 35.5. The van der Waals surface area contributed by atoms with Crippen LogP contribution in [0.25, 0.3) is 0 Å². The smallest absolute Gasteiger partial charge is 0.226 e. The minimum atomic E-state index is -0.399. The standard InChI is InChI=1S/C13H24ClNO2/c1-7-8(2)17-9(3)11(7)12(16)15-13(5,6)10(4)14/h7-11H,1-6H3,(H,15,16). The first-order chi connectivity index (χ1) is 7.66. The van der Waals surface area contributed by atoms with Crippen LogP contribution in [0.1, 0.15) is 41.5 Å². The number of rotatable bonds is 3. The molecule has 4 heteroatoms. The second-order valence-electron chi connectivity index (χ2n) is 5.76. The van der Waals surface area contributed by atoms with E-state index in [-0.39, 0.29) is 35.3 Å². The van der Waals surface area contributed by atoms with E-state index in [0.717, 1.165) is 0 Å². The average molecular weight is 262 g/mol. The zero-order valence-electron chi connectivity index (χ0n) is 11.6. The molecule has 0 spiro atoms. The molecule has 0 saturated carbocycles. The van der Waals surface area contributed by atoms with E-state index in [4.69, 9.17) is 16.3 Å². The Morgan fingerprint density at radius 1 is 1.29 bits per heavy atom. The van der Waals surface area contributed by atoms with Crippen molar-refractivity contribution in [3.8, 4) is 0 Å². The van der Waals surface area contributed by atoms with E-state index < -0.39 is 5.54 Å². The molecule has 1 rings (SSSR count). The normalized spacial score (nSPS) is 35.7. The summed E-state index contributed by atoms with van der Waals surface area (Å²) in [5.41, 5.74) is -0.399. The molecular weight excluding hydrogens is 238 g/mol. The van der Waals surface area contributed by atoms with Crippen LogP contribution < -0.4 is 5.32 Å². The number of alkyl halides is 1. The molecule has 0 aromatic carbocycles. The molecule has 3 nitrogen and oxygen atoms in total. The molecule has 100 valence electrons. The summed E-state index contributed by atoms with van der Waals surface area (Å²) in [6.07, 6.45) is 0.110. The summed E-state index contributed by atoms with van der Waals surface area (Å²) in [5.74, 6) is 0.206. The Bertz CT molecular complexity index is 291. The maximum Gasteiger partial charge on any atom is 0.226 e. The van der Waals surface area contributed by atoms with Gasteiger partial charge in [-0.05, 0) is 40.5 Å². The van der Waals surface area contributed by atoms with Crippen LogP contribution >= 0.6 is 11.6 Å². The molecular formula is C13H24ClNO2. The van der Waals surface area contributed by atoms with E-state index in [1.807, 2.05) is 34.6 Å². The zero-order valence-corrected chi connectivity index (χ0v) is 12.3. The Labute approximate surface area is 109 Å². The average Bonchev–Trinajstić information content (AvgIpc) is 2.39. The number of amides is 1. The van der Waals surface area contributed by atoms with E-state index in [2.05, 4.69) is 12.2 Å². The number of hydrogen-bond donors (Lipinski definition) is 1. The number of carbonyl (C=O) groups is 1. The van der Waals surface area contributed by atoms with Gasteiger partial charge in [0, 0.05) is 0 Å². The van der Waals surface area contributed by atoms with Crippen molar-refractivity contribution in [2.24, 2.45) is 11.8 Å². The minimum absolute atomic E-state index is 0.0265. The van der Waals surface area contributed by atoms with Gasteiger partial charge in [0.25, 0.3) is 0 Å².